The Morgan fingerprint density at radius 2 is 1.76 bits per heavy atom. The molecule has 2 aromatic carbocycles. The summed E-state index contributed by atoms with van der Waals surface area (Å²) in [5, 5.41) is 7.42. The Morgan fingerprint density at radius 1 is 0.970 bits per heavy atom. The SMILES string of the molecule is O=C(Nc1cc(-c2ccco2)nn1-c1nc(-c2ccccc2)cc(=O)[nH]1)c1ccccc1I. The van der Waals surface area contributed by atoms with Crippen LogP contribution in [0, 0.1) is 3.57 Å². The highest BCUT2D eigenvalue weighted by molar-refractivity contribution is 14.1. The first kappa shape index (κ1) is 20.9. The molecule has 8 nitrogen and oxygen atoms in total. The Hall–Kier alpha value is -3.99. The Kier molecular flexibility index (Phi) is 5.61. The van der Waals surface area contributed by atoms with Gasteiger partial charge >= 0.3 is 0 Å². The van der Waals surface area contributed by atoms with E-state index in [1.165, 1.54) is 17.0 Å². The highest BCUT2D eigenvalue weighted by atomic mass is 127. The third-order valence-corrected chi connectivity index (χ3v) is 5.78. The summed E-state index contributed by atoms with van der Waals surface area (Å²) in [5.74, 6) is 0.699. The lowest BCUT2D eigenvalue weighted by Crippen LogP contribution is -2.19. The summed E-state index contributed by atoms with van der Waals surface area (Å²) in [6.45, 7) is 0. The molecule has 0 aliphatic carbocycles. The summed E-state index contributed by atoms with van der Waals surface area (Å²) < 4.78 is 7.66. The van der Waals surface area contributed by atoms with Gasteiger partial charge in [0, 0.05) is 21.3 Å². The van der Waals surface area contributed by atoms with E-state index in [1.54, 1.807) is 30.3 Å². The Bertz CT molecular complexity index is 1490. The number of hydrogen-bond donors (Lipinski definition) is 2. The zero-order chi connectivity index (χ0) is 22.8. The number of carbonyl (C=O) groups excluding carboxylic acids is 1. The average Bonchev–Trinajstić information content (AvgIpc) is 3.50. The van der Waals surface area contributed by atoms with Gasteiger partial charge in [-0.2, -0.15) is 9.78 Å². The molecule has 1 amide bonds. The minimum Gasteiger partial charge on any atom is -0.463 e. The summed E-state index contributed by atoms with van der Waals surface area (Å²) >= 11 is 2.11. The van der Waals surface area contributed by atoms with Crippen molar-refractivity contribution in [1.82, 2.24) is 19.7 Å². The van der Waals surface area contributed by atoms with E-state index in [2.05, 4.69) is 43.0 Å². The van der Waals surface area contributed by atoms with Crippen molar-refractivity contribution in [3.05, 3.63) is 105 Å². The second kappa shape index (κ2) is 8.87. The van der Waals surface area contributed by atoms with E-state index in [4.69, 9.17) is 4.42 Å². The van der Waals surface area contributed by atoms with E-state index in [9.17, 15) is 9.59 Å². The van der Waals surface area contributed by atoms with Crippen molar-refractivity contribution in [3.8, 4) is 28.7 Å². The summed E-state index contributed by atoms with van der Waals surface area (Å²) in [4.78, 5) is 32.7. The van der Waals surface area contributed by atoms with Crippen LogP contribution in [-0.2, 0) is 0 Å². The van der Waals surface area contributed by atoms with E-state index in [-0.39, 0.29) is 17.4 Å². The third-order valence-electron chi connectivity index (χ3n) is 4.84. The number of rotatable bonds is 5. The average molecular weight is 549 g/mol. The van der Waals surface area contributed by atoms with Gasteiger partial charge in [-0.1, -0.05) is 42.5 Å². The van der Waals surface area contributed by atoms with Gasteiger partial charge in [-0.25, -0.2) is 4.98 Å². The van der Waals surface area contributed by atoms with E-state index in [0.717, 1.165) is 9.13 Å². The molecule has 33 heavy (non-hydrogen) atoms. The van der Waals surface area contributed by atoms with Gasteiger partial charge in [-0.15, -0.1) is 0 Å². The lowest BCUT2D eigenvalue weighted by molar-refractivity contribution is 0.102. The molecule has 0 aliphatic heterocycles. The van der Waals surface area contributed by atoms with Crippen LogP contribution >= 0.6 is 22.6 Å². The zero-order valence-electron chi connectivity index (χ0n) is 17.0. The molecular formula is C24H16IN5O3. The highest BCUT2D eigenvalue weighted by Gasteiger charge is 2.19. The number of aromatic nitrogens is 4. The summed E-state index contributed by atoms with van der Waals surface area (Å²) in [5.41, 5.74) is 1.92. The molecule has 0 saturated heterocycles. The van der Waals surface area contributed by atoms with Crippen LogP contribution in [0.4, 0.5) is 5.82 Å². The number of amides is 1. The molecule has 0 atom stereocenters. The van der Waals surface area contributed by atoms with Crippen molar-refractivity contribution in [2.24, 2.45) is 0 Å². The number of nitrogens with one attached hydrogen (secondary N) is 2. The molecule has 5 aromatic rings. The second-order valence-electron chi connectivity index (χ2n) is 7.06. The van der Waals surface area contributed by atoms with Crippen molar-refractivity contribution < 1.29 is 9.21 Å². The van der Waals surface area contributed by atoms with E-state index < -0.39 is 0 Å². The maximum Gasteiger partial charge on any atom is 0.257 e. The number of hydrogen-bond acceptors (Lipinski definition) is 5. The van der Waals surface area contributed by atoms with Gasteiger partial charge < -0.3 is 9.73 Å². The lowest BCUT2D eigenvalue weighted by Gasteiger charge is -2.10. The van der Waals surface area contributed by atoms with Gasteiger partial charge in [0.1, 0.15) is 11.5 Å². The van der Waals surface area contributed by atoms with Crippen LogP contribution in [0.1, 0.15) is 10.4 Å². The number of nitrogens with zero attached hydrogens (tertiary/aromatic N) is 3. The van der Waals surface area contributed by atoms with Crippen molar-refractivity contribution in [3.63, 3.8) is 0 Å². The van der Waals surface area contributed by atoms with Crippen LogP contribution in [0.5, 0.6) is 0 Å². The topological polar surface area (TPSA) is 106 Å². The van der Waals surface area contributed by atoms with Crippen LogP contribution in [0.15, 0.2) is 94.3 Å². The largest absolute Gasteiger partial charge is 0.463 e. The molecule has 0 fully saturated rings. The Labute approximate surface area is 201 Å². The maximum atomic E-state index is 13.0. The maximum absolute atomic E-state index is 13.0. The molecule has 3 aromatic heterocycles. The Morgan fingerprint density at radius 3 is 2.52 bits per heavy atom. The molecule has 162 valence electrons. The minimum absolute atomic E-state index is 0.164. The Balaban J connectivity index is 1.61. The number of aromatic amines is 1. The number of anilines is 1. The monoisotopic (exact) mass is 549 g/mol. The number of carbonyl (C=O) groups is 1. The van der Waals surface area contributed by atoms with Crippen molar-refractivity contribution in [2.75, 3.05) is 5.32 Å². The van der Waals surface area contributed by atoms with Gasteiger partial charge in [0.25, 0.3) is 11.5 Å². The quantitative estimate of drug-likeness (QED) is 0.308. The number of benzene rings is 2. The first-order valence-electron chi connectivity index (χ1n) is 9.95. The molecule has 0 aliphatic rings. The van der Waals surface area contributed by atoms with Gasteiger partial charge in [-0.05, 0) is 46.9 Å². The van der Waals surface area contributed by atoms with E-state index in [1.807, 2.05) is 42.5 Å². The number of furan rings is 1. The molecule has 2 N–H and O–H groups in total. The van der Waals surface area contributed by atoms with Gasteiger partial charge in [0.2, 0.25) is 5.95 Å². The molecule has 0 spiro atoms. The molecule has 0 saturated carbocycles. The summed E-state index contributed by atoms with van der Waals surface area (Å²) in [6.07, 6.45) is 1.54. The number of halogens is 1. The molecule has 0 unspecified atom stereocenters. The van der Waals surface area contributed by atoms with Crippen LogP contribution in [0.2, 0.25) is 0 Å². The lowest BCUT2D eigenvalue weighted by atomic mass is 10.1. The molecule has 3 heterocycles. The van der Waals surface area contributed by atoms with E-state index >= 15 is 0 Å². The van der Waals surface area contributed by atoms with Crippen LogP contribution in [0.25, 0.3) is 28.7 Å². The molecular weight excluding hydrogens is 533 g/mol. The van der Waals surface area contributed by atoms with Crippen molar-refractivity contribution in [1.29, 1.82) is 0 Å². The minimum atomic E-state index is -0.344. The fraction of sp³-hybridized carbons (Fsp3) is 0. The summed E-state index contributed by atoms with van der Waals surface area (Å²) in [6, 6.07) is 23.2. The van der Waals surface area contributed by atoms with Gasteiger partial charge in [0.05, 0.1) is 17.5 Å². The van der Waals surface area contributed by atoms with Gasteiger partial charge in [-0.3, -0.25) is 14.6 Å². The molecule has 0 bridgehead atoms. The van der Waals surface area contributed by atoms with Crippen molar-refractivity contribution in [2.45, 2.75) is 0 Å². The van der Waals surface area contributed by atoms with E-state index in [0.29, 0.717) is 28.5 Å². The first-order chi connectivity index (χ1) is 16.1. The zero-order valence-corrected chi connectivity index (χ0v) is 19.2. The standard InChI is InChI=1S/C24H16IN5O3/c25-17-10-5-4-9-16(17)23(32)27-21-13-19(20-11-6-12-33-20)29-30(21)24-26-18(14-22(31)28-24)15-7-2-1-3-8-15/h1-14H,(H,27,32)(H,26,28,31). The second-order valence-corrected chi connectivity index (χ2v) is 8.22. The smallest absolute Gasteiger partial charge is 0.257 e. The van der Waals surface area contributed by atoms with Crippen LogP contribution in [-0.4, -0.2) is 25.7 Å². The predicted molar refractivity (Wildman–Crippen MR) is 132 cm³/mol. The first-order valence-corrected chi connectivity index (χ1v) is 11.0. The third kappa shape index (κ3) is 4.35. The molecule has 5 rings (SSSR count). The van der Waals surface area contributed by atoms with Gasteiger partial charge in [0.15, 0.2) is 5.76 Å². The molecule has 9 heteroatoms. The summed E-state index contributed by atoms with van der Waals surface area (Å²) in [7, 11) is 0. The van der Waals surface area contributed by atoms with Crippen molar-refractivity contribution >= 4 is 34.3 Å². The fourth-order valence-corrected chi connectivity index (χ4v) is 3.94. The normalized spacial score (nSPS) is 10.8. The predicted octanol–water partition coefficient (Wildman–Crippen LogP) is 4.74. The van der Waals surface area contributed by atoms with Crippen LogP contribution in [0.3, 0.4) is 0 Å². The molecule has 0 radical (unpaired) electrons. The fourth-order valence-electron chi connectivity index (χ4n) is 3.31. The van der Waals surface area contributed by atoms with Crippen LogP contribution < -0.4 is 10.9 Å². The number of H-pyrrole nitrogens is 1. The highest BCUT2D eigenvalue weighted by Crippen LogP contribution is 2.25.